The maximum absolute atomic E-state index is 12.4. The van der Waals surface area contributed by atoms with Gasteiger partial charge in [-0.25, -0.2) is 15.0 Å². The normalized spacial score (nSPS) is 13.7. The van der Waals surface area contributed by atoms with Crippen LogP contribution in [0.15, 0.2) is 36.1 Å². The molecule has 0 atom stereocenters. The van der Waals surface area contributed by atoms with Crippen LogP contribution in [0.2, 0.25) is 0 Å². The fraction of sp³-hybridized carbons (Fsp3) is 0.333. The summed E-state index contributed by atoms with van der Waals surface area (Å²) in [5.41, 5.74) is 1.98. The highest BCUT2D eigenvalue weighted by atomic mass is 32.1. The van der Waals surface area contributed by atoms with E-state index in [1.54, 1.807) is 17.5 Å². The molecule has 0 bridgehead atoms. The molecular weight excluding hydrogens is 334 g/mol. The number of fused-ring (bicyclic) bond motifs is 2. The number of carbonyl (C=O) groups is 1. The van der Waals surface area contributed by atoms with Crippen molar-refractivity contribution < 1.29 is 4.79 Å². The standard InChI is InChI=1S/C18H19N5OS/c24-16(23-9-5-15-13(11-23)6-10-25-15)4-2-8-20-18-14-3-1-7-19-17(14)21-12-22-18/h1,3,6-7,10,12H,2,4-5,8-9,11H2,(H,19,20,21,22). The van der Waals surface area contributed by atoms with E-state index in [1.165, 1.54) is 16.8 Å². The van der Waals surface area contributed by atoms with Crippen LogP contribution in [0.25, 0.3) is 11.0 Å². The number of anilines is 1. The van der Waals surface area contributed by atoms with Gasteiger partial charge in [-0.15, -0.1) is 11.3 Å². The Labute approximate surface area is 149 Å². The third-order valence-electron chi connectivity index (χ3n) is 4.43. The summed E-state index contributed by atoms with van der Waals surface area (Å²) in [5.74, 6) is 0.999. The van der Waals surface area contributed by atoms with Gasteiger partial charge in [0.15, 0.2) is 5.65 Å². The number of carbonyl (C=O) groups excluding carboxylic acids is 1. The zero-order valence-corrected chi connectivity index (χ0v) is 14.6. The Hall–Kier alpha value is -2.54. The SMILES string of the molecule is O=C(CCCNc1ncnc2ncccc12)N1CCc2sccc2C1. The Balaban J connectivity index is 1.29. The molecule has 0 aliphatic carbocycles. The van der Waals surface area contributed by atoms with E-state index in [-0.39, 0.29) is 5.91 Å². The van der Waals surface area contributed by atoms with Crippen molar-refractivity contribution in [2.75, 3.05) is 18.4 Å². The van der Waals surface area contributed by atoms with E-state index in [0.717, 1.165) is 37.1 Å². The van der Waals surface area contributed by atoms with Crippen molar-refractivity contribution >= 4 is 34.1 Å². The third kappa shape index (κ3) is 3.46. The van der Waals surface area contributed by atoms with Crippen molar-refractivity contribution in [1.82, 2.24) is 19.9 Å². The van der Waals surface area contributed by atoms with Gasteiger partial charge in [0, 0.05) is 37.1 Å². The lowest BCUT2D eigenvalue weighted by molar-refractivity contribution is -0.132. The number of aromatic nitrogens is 3. The van der Waals surface area contributed by atoms with Crippen LogP contribution in [-0.4, -0.2) is 38.8 Å². The van der Waals surface area contributed by atoms with Crippen molar-refractivity contribution in [1.29, 1.82) is 0 Å². The monoisotopic (exact) mass is 353 g/mol. The molecule has 7 heteroatoms. The number of rotatable bonds is 5. The fourth-order valence-electron chi connectivity index (χ4n) is 3.10. The molecule has 1 aliphatic heterocycles. The second-order valence-electron chi connectivity index (χ2n) is 6.06. The molecule has 3 aromatic heterocycles. The predicted molar refractivity (Wildman–Crippen MR) is 98.5 cm³/mol. The lowest BCUT2D eigenvalue weighted by Gasteiger charge is -2.27. The van der Waals surface area contributed by atoms with E-state index < -0.39 is 0 Å². The molecule has 0 saturated heterocycles. The summed E-state index contributed by atoms with van der Waals surface area (Å²) in [4.78, 5) is 28.5. The maximum Gasteiger partial charge on any atom is 0.222 e. The minimum atomic E-state index is 0.230. The number of thiophene rings is 1. The summed E-state index contributed by atoms with van der Waals surface area (Å²) in [6.07, 6.45) is 5.53. The van der Waals surface area contributed by atoms with Gasteiger partial charge in [-0.3, -0.25) is 4.79 Å². The summed E-state index contributed by atoms with van der Waals surface area (Å²) in [6, 6.07) is 5.95. The second-order valence-corrected chi connectivity index (χ2v) is 7.06. The van der Waals surface area contributed by atoms with E-state index >= 15 is 0 Å². The van der Waals surface area contributed by atoms with Crippen molar-refractivity contribution in [3.63, 3.8) is 0 Å². The number of amides is 1. The van der Waals surface area contributed by atoms with Gasteiger partial charge < -0.3 is 10.2 Å². The minimum Gasteiger partial charge on any atom is -0.369 e. The highest BCUT2D eigenvalue weighted by Crippen LogP contribution is 2.24. The summed E-state index contributed by atoms with van der Waals surface area (Å²) in [5, 5.41) is 6.31. The number of nitrogens with one attached hydrogen (secondary N) is 1. The van der Waals surface area contributed by atoms with Gasteiger partial charge in [-0.2, -0.15) is 0 Å². The first-order valence-electron chi connectivity index (χ1n) is 8.44. The quantitative estimate of drug-likeness (QED) is 0.714. The Morgan fingerprint density at radius 1 is 1.28 bits per heavy atom. The van der Waals surface area contributed by atoms with Crippen LogP contribution in [0.5, 0.6) is 0 Å². The molecule has 4 rings (SSSR count). The highest BCUT2D eigenvalue weighted by Gasteiger charge is 2.20. The molecule has 1 amide bonds. The molecule has 0 aromatic carbocycles. The number of pyridine rings is 1. The van der Waals surface area contributed by atoms with Crippen LogP contribution >= 0.6 is 11.3 Å². The largest absolute Gasteiger partial charge is 0.369 e. The highest BCUT2D eigenvalue weighted by molar-refractivity contribution is 7.10. The average Bonchev–Trinajstić information content (AvgIpc) is 3.13. The van der Waals surface area contributed by atoms with Gasteiger partial charge in [0.1, 0.15) is 12.1 Å². The van der Waals surface area contributed by atoms with E-state index in [0.29, 0.717) is 18.6 Å². The predicted octanol–water partition coefficient (Wildman–Crippen LogP) is 2.86. The topological polar surface area (TPSA) is 71.0 Å². The molecule has 0 saturated carbocycles. The van der Waals surface area contributed by atoms with Crippen LogP contribution in [0.1, 0.15) is 23.3 Å². The Bertz CT molecular complexity index is 889. The zero-order valence-electron chi connectivity index (χ0n) is 13.8. The van der Waals surface area contributed by atoms with Crippen LogP contribution in [0, 0.1) is 0 Å². The van der Waals surface area contributed by atoms with E-state index in [4.69, 9.17) is 0 Å². The van der Waals surface area contributed by atoms with Gasteiger partial charge in [0.05, 0.1) is 5.39 Å². The lowest BCUT2D eigenvalue weighted by atomic mass is 10.1. The first kappa shape index (κ1) is 16.0. The molecule has 0 spiro atoms. The van der Waals surface area contributed by atoms with E-state index in [9.17, 15) is 4.79 Å². The summed E-state index contributed by atoms with van der Waals surface area (Å²) >= 11 is 1.79. The third-order valence-corrected chi connectivity index (χ3v) is 5.45. The van der Waals surface area contributed by atoms with Gasteiger partial charge >= 0.3 is 0 Å². The van der Waals surface area contributed by atoms with Crippen molar-refractivity contribution in [2.24, 2.45) is 0 Å². The second kappa shape index (κ2) is 7.14. The summed E-state index contributed by atoms with van der Waals surface area (Å²) in [6.45, 7) is 2.29. The molecular formula is C18H19N5OS. The molecule has 1 aliphatic rings. The first-order valence-corrected chi connectivity index (χ1v) is 9.32. The molecule has 25 heavy (non-hydrogen) atoms. The van der Waals surface area contributed by atoms with Crippen molar-refractivity contribution in [3.8, 4) is 0 Å². The van der Waals surface area contributed by atoms with Gasteiger partial charge in [0.25, 0.3) is 0 Å². The van der Waals surface area contributed by atoms with Crippen LogP contribution in [0.3, 0.4) is 0 Å². The first-order chi connectivity index (χ1) is 12.3. The van der Waals surface area contributed by atoms with Crippen molar-refractivity contribution in [3.05, 3.63) is 46.5 Å². The Kier molecular flexibility index (Phi) is 4.56. The van der Waals surface area contributed by atoms with Crippen LogP contribution < -0.4 is 5.32 Å². The maximum atomic E-state index is 12.4. The van der Waals surface area contributed by atoms with E-state index in [2.05, 4.69) is 31.7 Å². The van der Waals surface area contributed by atoms with Gasteiger partial charge in [-0.1, -0.05) is 0 Å². The van der Waals surface area contributed by atoms with E-state index in [1.807, 2.05) is 17.0 Å². The van der Waals surface area contributed by atoms with Crippen LogP contribution in [-0.2, 0) is 17.8 Å². The molecule has 0 radical (unpaired) electrons. The average molecular weight is 353 g/mol. The molecule has 0 fully saturated rings. The zero-order chi connectivity index (χ0) is 17.1. The fourth-order valence-corrected chi connectivity index (χ4v) is 3.99. The minimum absolute atomic E-state index is 0.230. The number of hydrogen-bond donors (Lipinski definition) is 1. The summed E-state index contributed by atoms with van der Waals surface area (Å²) in [7, 11) is 0. The van der Waals surface area contributed by atoms with Crippen LogP contribution in [0.4, 0.5) is 5.82 Å². The Morgan fingerprint density at radius 2 is 2.24 bits per heavy atom. The Morgan fingerprint density at radius 3 is 3.20 bits per heavy atom. The molecule has 6 nitrogen and oxygen atoms in total. The molecule has 1 N–H and O–H groups in total. The number of hydrogen-bond acceptors (Lipinski definition) is 6. The van der Waals surface area contributed by atoms with Gasteiger partial charge in [0.2, 0.25) is 5.91 Å². The molecule has 128 valence electrons. The van der Waals surface area contributed by atoms with Gasteiger partial charge in [-0.05, 0) is 42.0 Å². The molecule has 4 heterocycles. The number of nitrogens with zero attached hydrogens (tertiary/aromatic N) is 4. The smallest absolute Gasteiger partial charge is 0.222 e. The van der Waals surface area contributed by atoms with Crippen molar-refractivity contribution in [2.45, 2.75) is 25.8 Å². The lowest BCUT2D eigenvalue weighted by Crippen LogP contribution is -2.35. The molecule has 3 aromatic rings. The molecule has 0 unspecified atom stereocenters. The summed E-state index contributed by atoms with van der Waals surface area (Å²) < 4.78 is 0.